The predicted octanol–water partition coefficient (Wildman–Crippen LogP) is 0.200. The van der Waals surface area contributed by atoms with Gasteiger partial charge < -0.3 is 25.6 Å². The molecule has 20 heavy (non-hydrogen) atoms. The lowest BCUT2D eigenvalue weighted by molar-refractivity contribution is -0.146. The smallest absolute Gasteiger partial charge is 0.334 e. The number of aliphatic hydroxyl groups is 1. The van der Waals surface area contributed by atoms with E-state index < -0.39 is 18.1 Å². The highest BCUT2D eigenvalue weighted by molar-refractivity contribution is 5.76. The lowest BCUT2D eigenvalue weighted by Crippen LogP contribution is -2.42. The van der Waals surface area contributed by atoms with Crippen molar-refractivity contribution in [3.63, 3.8) is 0 Å². The van der Waals surface area contributed by atoms with E-state index in [1.807, 2.05) is 30.3 Å². The maximum Gasteiger partial charge on any atom is 0.334 e. The van der Waals surface area contributed by atoms with Crippen LogP contribution < -0.4 is 15.4 Å². The van der Waals surface area contributed by atoms with Crippen LogP contribution in [0.2, 0.25) is 0 Å². The third kappa shape index (κ3) is 6.60. The molecule has 1 unspecified atom stereocenters. The van der Waals surface area contributed by atoms with Gasteiger partial charge in [0.2, 0.25) is 0 Å². The molecule has 7 nitrogen and oxygen atoms in total. The lowest BCUT2D eigenvalue weighted by atomic mass is 10.3. The largest absolute Gasteiger partial charge is 0.494 e. The third-order valence-electron chi connectivity index (χ3n) is 2.36. The van der Waals surface area contributed by atoms with Gasteiger partial charge in [-0.3, -0.25) is 0 Å². The predicted molar refractivity (Wildman–Crippen MR) is 71.6 cm³/mol. The van der Waals surface area contributed by atoms with E-state index in [9.17, 15) is 9.59 Å². The summed E-state index contributed by atoms with van der Waals surface area (Å²) in [5.41, 5.74) is 0. The molecule has 0 aliphatic carbocycles. The van der Waals surface area contributed by atoms with E-state index in [0.717, 1.165) is 5.75 Å². The Labute approximate surface area is 116 Å². The van der Waals surface area contributed by atoms with Crippen LogP contribution in [0.4, 0.5) is 4.79 Å². The summed E-state index contributed by atoms with van der Waals surface area (Å²) in [6, 6.07) is 8.79. The van der Waals surface area contributed by atoms with E-state index in [0.29, 0.717) is 19.6 Å². The molecule has 1 aromatic rings. The first-order chi connectivity index (χ1) is 9.59. The number of hydrogen-bond donors (Lipinski definition) is 4. The van der Waals surface area contributed by atoms with Gasteiger partial charge >= 0.3 is 12.0 Å². The molecule has 0 aliphatic heterocycles. The Morgan fingerprint density at radius 1 is 1.20 bits per heavy atom. The minimum atomic E-state index is -1.60. The second-order valence-electron chi connectivity index (χ2n) is 4.01. The number of rotatable bonds is 8. The zero-order valence-corrected chi connectivity index (χ0v) is 10.9. The number of carbonyl (C=O) groups is 2. The molecule has 1 rings (SSSR count). The number of carboxylic acids is 1. The minimum Gasteiger partial charge on any atom is -0.494 e. The fraction of sp³-hybridized carbons (Fsp3) is 0.385. The average Bonchev–Trinajstić information content (AvgIpc) is 2.45. The summed E-state index contributed by atoms with van der Waals surface area (Å²) in [5, 5.41) is 22.1. The summed E-state index contributed by atoms with van der Waals surface area (Å²) < 4.78 is 5.43. The fourth-order valence-electron chi connectivity index (χ4n) is 1.32. The molecule has 2 amide bonds. The summed E-state index contributed by atoms with van der Waals surface area (Å²) in [5.74, 6) is -0.608. The zero-order chi connectivity index (χ0) is 14.8. The molecule has 4 N–H and O–H groups in total. The summed E-state index contributed by atoms with van der Waals surface area (Å²) in [7, 11) is 0. The van der Waals surface area contributed by atoms with Gasteiger partial charge in [0.1, 0.15) is 5.75 Å². The van der Waals surface area contributed by atoms with Crippen LogP contribution in [0.25, 0.3) is 0 Å². The quantitative estimate of drug-likeness (QED) is 0.509. The van der Waals surface area contributed by atoms with Gasteiger partial charge in [-0.1, -0.05) is 18.2 Å². The van der Waals surface area contributed by atoms with Crippen LogP contribution in [0.15, 0.2) is 30.3 Å². The van der Waals surface area contributed by atoms with E-state index in [-0.39, 0.29) is 6.54 Å². The van der Waals surface area contributed by atoms with Gasteiger partial charge in [-0.05, 0) is 18.6 Å². The minimum absolute atomic E-state index is 0.332. The summed E-state index contributed by atoms with van der Waals surface area (Å²) in [6.07, 6.45) is -0.980. The standard InChI is InChI=1S/C13H18N2O5/c16-11(12(17)18)9-15-13(19)14-7-4-8-20-10-5-2-1-3-6-10/h1-3,5-6,11,16H,4,7-9H2,(H,17,18)(H2,14,15,19). The molecule has 1 atom stereocenters. The van der Waals surface area contributed by atoms with Crippen LogP contribution in [0.3, 0.4) is 0 Å². The molecule has 0 bridgehead atoms. The molecule has 0 fully saturated rings. The maximum atomic E-state index is 11.2. The lowest BCUT2D eigenvalue weighted by Gasteiger charge is -2.10. The Morgan fingerprint density at radius 3 is 2.55 bits per heavy atom. The SMILES string of the molecule is O=C(NCCCOc1ccccc1)NCC(O)C(=O)O. The van der Waals surface area contributed by atoms with E-state index in [1.54, 1.807) is 0 Å². The van der Waals surface area contributed by atoms with Crippen molar-refractivity contribution >= 4 is 12.0 Å². The highest BCUT2D eigenvalue weighted by atomic mass is 16.5. The first kappa shape index (κ1) is 15.8. The first-order valence-electron chi connectivity index (χ1n) is 6.20. The molecule has 1 aromatic carbocycles. The molecule has 0 saturated heterocycles. The number of benzene rings is 1. The Balaban J connectivity index is 2.03. The summed E-state index contributed by atoms with van der Waals surface area (Å²) in [6.45, 7) is 0.519. The van der Waals surface area contributed by atoms with E-state index in [2.05, 4.69) is 10.6 Å². The first-order valence-corrected chi connectivity index (χ1v) is 6.20. The van der Waals surface area contributed by atoms with Crippen LogP contribution in [0.5, 0.6) is 5.75 Å². The van der Waals surface area contributed by atoms with Crippen molar-refractivity contribution in [2.24, 2.45) is 0 Å². The van der Waals surface area contributed by atoms with Crippen molar-refractivity contribution in [3.8, 4) is 5.75 Å². The number of carbonyl (C=O) groups excluding carboxylic acids is 1. The number of urea groups is 1. The Bertz CT molecular complexity index is 424. The molecule has 0 saturated carbocycles. The fourth-order valence-corrected chi connectivity index (χ4v) is 1.32. The molecular weight excluding hydrogens is 264 g/mol. The van der Waals surface area contributed by atoms with Gasteiger partial charge in [-0.15, -0.1) is 0 Å². The van der Waals surface area contributed by atoms with E-state index in [4.69, 9.17) is 14.9 Å². The number of ether oxygens (including phenoxy) is 1. The van der Waals surface area contributed by atoms with Gasteiger partial charge in [0.25, 0.3) is 0 Å². The van der Waals surface area contributed by atoms with Crippen molar-refractivity contribution in [1.82, 2.24) is 10.6 Å². The van der Waals surface area contributed by atoms with Crippen LogP contribution in [-0.2, 0) is 4.79 Å². The van der Waals surface area contributed by atoms with Crippen molar-refractivity contribution in [3.05, 3.63) is 30.3 Å². The number of amides is 2. The monoisotopic (exact) mass is 282 g/mol. The summed E-state index contributed by atoms with van der Waals surface area (Å²) >= 11 is 0. The molecule has 0 spiro atoms. The Hall–Kier alpha value is -2.28. The van der Waals surface area contributed by atoms with Crippen molar-refractivity contribution in [2.45, 2.75) is 12.5 Å². The normalized spacial score (nSPS) is 11.4. The van der Waals surface area contributed by atoms with E-state index >= 15 is 0 Å². The van der Waals surface area contributed by atoms with Gasteiger partial charge in [0, 0.05) is 6.54 Å². The molecular formula is C13H18N2O5. The number of para-hydroxylation sites is 1. The van der Waals surface area contributed by atoms with Crippen LogP contribution in [-0.4, -0.2) is 48.0 Å². The van der Waals surface area contributed by atoms with Crippen molar-refractivity contribution < 1.29 is 24.5 Å². The molecule has 0 aliphatic rings. The molecule has 0 radical (unpaired) electrons. The Kier molecular flexibility index (Phi) is 6.91. The maximum absolute atomic E-state index is 11.2. The average molecular weight is 282 g/mol. The van der Waals surface area contributed by atoms with Crippen LogP contribution in [0.1, 0.15) is 6.42 Å². The van der Waals surface area contributed by atoms with E-state index in [1.165, 1.54) is 0 Å². The molecule has 7 heteroatoms. The number of aliphatic carboxylic acids is 1. The number of nitrogens with one attached hydrogen (secondary N) is 2. The molecule has 0 heterocycles. The molecule has 110 valence electrons. The second-order valence-corrected chi connectivity index (χ2v) is 4.01. The third-order valence-corrected chi connectivity index (χ3v) is 2.36. The Morgan fingerprint density at radius 2 is 1.90 bits per heavy atom. The molecule has 0 aromatic heterocycles. The van der Waals surface area contributed by atoms with Crippen molar-refractivity contribution in [1.29, 1.82) is 0 Å². The summed E-state index contributed by atoms with van der Waals surface area (Å²) in [4.78, 5) is 21.5. The number of carboxylic acid groups (broad SMARTS) is 1. The van der Waals surface area contributed by atoms with Crippen LogP contribution in [0, 0.1) is 0 Å². The van der Waals surface area contributed by atoms with Gasteiger partial charge in [0.05, 0.1) is 13.2 Å². The van der Waals surface area contributed by atoms with Gasteiger partial charge in [-0.25, -0.2) is 9.59 Å². The van der Waals surface area contributed by atoms with Gasteiger partial charge in [-0.2, -0.15) is 0 Å². The topological polar surface area (TPSA) is 108 Å². The second kappa shape index (κ2) is 8.76. The van der Waals surface area contributed by atoms with Crippen LogP contribution >= 0.6 is 0 Å². The number of hydrogen-bond acceptors (Lipinski definition) is 4. The van der Waals surface area contributed by atoms with Gasteiger partial charge in [0.15, 0.2) is 6.10 Å². The highest BCUT2D eigenvalue weighted by Gasteiger charge is 2.13. The number of aliphatic hydroxyl groups excluding tert-OH is 1. The van der Waals surface area contributed by atoms with Crippen molar-refractivity contribution in [2.75, 3.05) is 19.7 Å². The highest BCUT2D eigenvalue weighted by Crippen LogP contribution is 2.07. The zero-order valence-electron chi connectivity index (χ0n) is 10.9.